The Morgan fingerprint density at radius 3 is 2.35 bits per heavy atom. The van der Waals surface area contributed by atoms with E-state index in [2.05, 4.69) is 12.1 Å². The molecule has 0 aromatic heterocycles. The number of rotatable bonds is 3. The fourth-order valence-corrected chi connectivity index (χ4v) is 2.00. The normalized spacial score (nSPS) is 15.9. The SMILES string of the molecule is CC(C)Oc1ccc(C2=CCC(=O)CC2)cc1. The maximum atomic E-state index is 11.2. The number of carbonyl (C=O) groups is 1. The highest BCUT2D eigenvalue weighted by atomic mass is 16.5. The first-order valence-electron chi connectivity index (χ1n) is 6.13. The van der Waals surface area contributed by atoms with E-state index in [0.717, 1.165) is 12.2 Å². The van der Waals surface area contributed by atoms with Gasteiger partial charge in [-0.05, 0) is 43.5 Å². The molecule has 17 heavy (non-hydrogen) atoms. The van der Waals surface area contributed by atoms with Crippen molar-refractivity contribution < 1.29 is 9.53 Å². The molecule has 0 heterocycles. The van der Waals surface area contributed by atoms with Gasteiger partial charge in [-0.15, -0.1) is 0 Å². The van der Waals surface area contributed by atoms with E-state index in [0.29, 0.717) is 18.6 Å². The number of Topliss-reactive ketones (excluding diaryl/α,β-unsaturated/α-hetero) is 1. The highest BCUT2D eigenvalue weighted by molar-refractivity contribution is 5.86. The van der Waals surface area contributed by atoms with Gasteiger partial charge in [0, 0.05) is 12.8 Å². The first-order valence-corrected chi connectivity index (χ1v) is 6.13. The minimum absolute atomic E-state index is 0.201. The van der Waals surface area contributed by atoms with Crippen LogP contribution in [0.25, 0.3) is 5.57 Å². The minimum atomic E-state index is 0.201. The molecule has 0 amide bonds. The van der Waals surface area contributed by atoms with Crippen molar-refractivity contribution in [2.75, 3.05) is 0 Å². The molecule has 0 saturated carbocycles. The smallest absolute Gasteiger partial charge is 0.137 e. The third kappa shape index (κ3) is 3.19. The largest absolute Gasteiger partial charge is 0.491 e. The molecular formula is C15H18O2. The number of benzene rings is 1. The Balaban J connectivity index is 2.10. The summed E-state index contributed by atoms with van der Waals surface area (Å²) < 4.78 is 5.60. The summed E-state index contributed by atoms with van der Waals surface area (Å²) in [5.41, 5.74) is 2.48. The lowest BCUT2D eigenvalue weighted by atomic mass is 9.93. The third-order valence-corrected chi connectivity index (χ3v) is 2.85. The zero-order valence-corrected chi connectivity index (χ0v) is 10.4. The van der Waals surface area contributed by atoms with E-state index in [-0.39, 0.29) is 6.10 Å². The molecule has 1 aromatic carbocycles. The lowest BCUT2D eigenvalue weighted by Gasteiger charge is -2.14. The quantitative estimate of drug-likeness (QED) is 0.793. The molecule has 0 N–H and O–H groups in total. The Hall–Kier alpha value is -1.57. The fourth-order valence-electron chi connectivity index (χ4n) is 2.00. The van der Waals surface area contributed by atoms with Crippen LogP contribution >= 0.6 is 0 Å². The number of carbonyl (C=O) groups excluding carboxylic acids is 1. The van der Waals surface area contributed by atoms with Crippen LogP contribution in [0.3, 0.4) is 0 Å². The van der Waals surface area contributed by atoms with Crippen LogP contribution in [0.2, 0.25) is 0 Å². The summed E-state index contributed by atoms with van der Waals surface area (Å²) in [6.45, 7) is 4.03. The van der Waals surface area contributed by atoms with Crippen LogP contribution in [-0.4, -0.2) is 11.9 Å². The molecule has 0 fully saturated rings. The Labute approximate surface area is 102 Å². The molecule has 0 bridgehead atoms. The van der Waals surface area contributed by atoms with E-state index >= 15 is 0 Å². The van der Waals surface area contributed by atoms with E-state index in [9.17, 15) is 4.79 Å². The van der Waals surface area contributed by atoms with Crippen LogP contribution < -0.4 is 4.74 Å². The maximum Gasteiger partial charge on any atom is 0.137 e. The van der Waals surface area contributed by atoms with Gasteiger partial charge >= 0.3 is 0 Å². The highest BCUT2D eigenvalue weighted by Crippen LogP contribution is 2.26. The van der Waals surface area contributed by atoms with Gasteiger partial charge in [0.25, 0.3) is 0 Å². The molecule has 2 rings (SSSR count). The predicted octanol–water partition coefficient (Wildman–Crippen LogP) is 3.61. The zero-order chi connectivity index (χ0) is 12.3. The Morgan fingerprint density at radius 1 is 1.12 bits per heavy atom. The van der Waals surface area contributed by atoms with Gasteiger partial charge in [0.05, 0.1) is 6.10 Å². The summed E-state index contributed by atoms with van der Waals surface area (Å²) in [4.78, 5) is 11.2. The van der Waals surface area contributed by atoms with Gasteiger partial charge in [-0.2, -0.15) is 0 Å². The molecule has 0 spiro atoms. The first kappa shape index (κ1) is 11.9. The molecular weight excluding hydrogens is 212 g/mol. The van der Waals surface area contributed by atoms with E-state index in [4.69, 9.17) is 4.74 Å². The van der Waals surface area contributed by atoms with Crippen LogP contribution in [0.4, 0.5) is 0 Å². The van der Waals surface area contributed by atoms with E-state index in [1.54, 1.807) is 0 Å². The van der Waals surface area contributed by atoms with Crippen LogP contribution in [0.1, 0.15) is 38.7 Å². The molecule has 1 aliphatic rings. The van der Waals surface area contributed by atoms with Crippen molar-refractivity contribution in [2.24, 2.45) is 0 Å². The summed E-state index contributed by atoms with van der Waals surface area (Å²) in [7, 11) is 0. The Kier molecular flexibility index (Phi) is 3.62. The topological polar surface area (TPSA) is 26.3 Å². The monoisotopic (exact) mass is 230 g/mol. The third-order valence-electron chi connectivity index (χ3n) is 2.85. The molecule has 2 heteroatoms. The molecule has 2 nitrogen and oxygen atoms in total. The van der Waals surface area contributed by atoms with Crippen molar-refractivity contribution in [3.05, 3.63) is 35.9 Å². The lowest BCUT2D eigenvalue weighted by Crippen LogP contribution is -2.05. The molecule has 0 saturated heterocycles. The second-order valence-electron chi connectivity index (χ2n) is 4.66. The molecule has 1 aromatic rings. The van der Waals surface area contributed by atoms with Crippen molar-refractivity contribution in [1.29, 1.82) is 0 Å². The molecule has 0 radical (unpaired) electrons. The van der Waals surface area contributed by atoms with E-state index < -0.39 is 0 Å². The van der Waals surface area contributed by atoms with Gasteiger partial charge in [0.2, 0.25) is 0 Å². The highest BCUT2D eigenvalue weighted by Gasteiger charge is 2.11. The van der Waals surface area contributed by atoms with Crippen molar-refractivity contribution in [3.63, 3.8) is 0 Å². The predicted molar refractivity (Wildman–Crippen MR) is 69.0 cm³/mol. The molecule has 0 atom stereocenters. The summed E-state index contributed by atoms with van der Waals surface area (Å²) in [5.74, 6) is 1.24. The average Bonchev–Trinajstić information content (AvgIpc) is 2.30. The van der Waals surface area contributed by atoms with Gasteiger partial charge in [-0.1, -0.05) is 18.2 Å². The standard InChI is InChI=1S/C15H18O2/c1-11(2)17-15-9-5-13(6-10-15)12-3-7-14(16)8-4-12/h3,5-6,9-11H,4,7-8H2,1-2H3. The van der Waals surface area contributed by atoms with E-state index in [1.807, 2.05) is 32.1 Å². The van der Waals surface area contributed by atoms with Crippen LogP contribution in [-0.2, 0) is 4.79 Å². The molecule has 0 unspecified atom stereocenters. The van der Waals surface area contributed by atoms with Crippen LogP contribution in [0.15, 0.2) is 30.3 Å². The summed E-state index contributed by atoms with van der Waals surface area (Å²) in [6, 6.07) is 8.12. The van der Waals surface area contributed by atoms with Crippen molar-refractivity contribution in [2.45, 2.75) is 39.2 Å². The lowest BCUT2D eigenvalue weighted by molar-refractivity contribution is -0.118. The first-order chi connectivity index (χ1) is 8.15. The molecule has 1 aliphatic carbocycles. The maximum absolute atomic E-state index is 11.2. The summed E-state index contributed by atoms with van der Waals surface area (Å²) in [6.07, 6.45) is 4.37. The number of ether oxygens (including phenoxy) is 1. The Bertz CT molecular complexity index is 427. The summed E-state index contributed by atoms with van der Waals surface area (Å²) >= 11 is 0. The number of ketones is 1. The number of allylic oxidation sites excluding steroid dienone is 2. The van der Waals surface area contributed by atoms with Gasteiger partial charge in [-0.25, -0.2) is 0 Å². The second kappa shape index (κ2) is 5.17. The summed E-state index contributed by atoms with van der Waals surface area (Å²) in [5, 5.41) is 0. The van der Waals surface area contributed by atoms with Crippen molar-refractivity contribution in [1.82, 2.24) is 0 Å². The van der Waals surface area contributed by atoms with Gasteiger partial charge < -0.3 is 4.74 Å². The second-order valence-corrected chi connectivity index (χ2v) is 4.66. The van der Waals surface area contributed by atoms with Gasteiger partial charge in [0.1, 0.15) is 11.5 Å². The van der Waals surface area contributed by atoms with Gasteiger partial charge in [-0.3, -0.25) is 4.79 Å². The number of hydrogen-bond donors (Lipinski definition) is 0. The minimum Gasteiger partial charge on any atom is -0.491 e. The molecule has 90 valence electrons. The van der Waals surface area contributed by atoms with Gasteiger partial charge in [0.15, 0.2) is 0 Å². The number of hydrogen-bond acceptors (Lipinski definition) is 2. The zero-order valence-electron chi connectivity index (χ0n) is 10.4. The average molecular weight is 230 g/mol. The Morgan fingerprint density at radius 2 is 1.82 bits per heavy atom. The van der Waals surface area contributed by atoms with Crippen LogP contribution in [0.5, 0.6) is 5.75 Å². The fraction of sp³-hybridized carbons (Fsp3) is 0.400. The van der Waals surface area contributed by atoms with Crippen molar-refractivity contribution in [3.8, 4) is 5.75 Å². The van der Waals surface area contributed by atoms with E-state index in [1.165, 1.54) is 11.1 Å². The molecule has 0 aliphatic heterocycles. The van der Waals surface area contributed by atoms with Crippen LogP contribution in [0, 0.1) is 0 Å². The van der Waals surface area contributed by atoms with Crippen molar-refractivity contribution >= 4 is 11.4 Å².